The Morgan fingerprint density at radius 1 is 1.40 bits per heavy atom. The topological polar surface area (TPSA) is 47.0 Å². The summed E-state index contributed by atoms with van der Waals surface area (Å²) in [5, 5.41) is 3.12. The number of nitrogens with zero attached hydrogens (tertiary/aromatic N) is 2. The minimum atomic E-state index is -0.226. The van der Waals surface area contributed by atoms with Crippen molar-refractivity contribution in [2.45, 2.75) is 39.7 Å². The monoisotopic (exact) mass is 209 g/mol. The number of aromatic nitrogens is 2. The van der Waals surface area contributed by atoms with Gasteiger partial charge in [0.25, 0.3) is 0 Å². The van der Waals surface area contributed by atoms with E-state index in [9.17, 15) is 0 Å². The van der Waals surface area contributed by atoms with Crippen molar-refractivity contribution in [3.05, 3.63) is 12.3 Å². The standard InChI is InChI=1S/C11H19N3O/c1-5-7-12-10-13-8-6-9(14-10)15-11(2,3)4/h6,8H,5,7H2,1-4H3,(H,12,13,14). The maximum Gasteiger partial charge on any atom is 0.225 e. The van der Waals surface area contributed by atoms with Crippen LogP contribution in [0.3, 0.4) is 0 Å². The van der Waals surface area contributed by atoms with E-state index >= 15 is 0 Å². The Morgan fingerprint density at radius 2 is 2.13 bits per heavy atom. The molecule has 0 bridgehead atoms. The highest BCUT2D eigenvalue weighted by atomic mass is 16.5. The van der Waals surface area contributed by atoms with Crippen molar-refractivity contribution >= 4 is 5.95 Å². The number of hydrogen-bond acceptors (Lipinski definition) is 4. The molecule has 0 aliphatic rings. The number of ether oxygens (including phenoxy) is 1. The Balaban J connectivity index is 2.66. The molecule has 0 aliphatic carbocycles. The number of nitrogens with one attached hydrogen (secondary N) is 1. The van der Waals surface area contributed by atoms with Gasteiger partial charge in [-0.05, 0) is 27.2 Å². The third-order valence-electron chi connectivity index (χ3n) is 1.57. The zero-order valence-electron chi connectivity index (χ0n) is 9.87. The minimum Gasteiger partial charge on any atom is -0.472 e. The first-order valence-electron chi connectivity index (χ1n) is 5.27. The normalized spacial score (nSPS) is 11.2. The zero-order valence-corrected chi connectivity index (χ0v) is 9.87. The van der Waals surface area contributed by atoms with Crippen LogP contribution in [0.5, 0.6) is 5.88 Å². The molecule has 0 amide bonds. The molecule has 0 saturated carbocycles. The van der Waals surface area contributed by atoms with Gasteiger partial charge in [0.15, 0.2) is 0 Å². The second kappa shape index (κ2) is 4.96. The van der Waals surface area contributed by atoms with Crippen LogP contribution >= 0.6 is 0 Å². The molecule has 84 valence electrons. The van der Waals surface area contributed by atoms with Gasteiger partial charge in [-0.3, -0.25) is 0 Å². The molecule has 1 rings (SSSR count). The van der Waals surface area contributed by atoms with E-state index in [2.05, 4.69) is 22.2 Å². The molecule has 0 spiro atoms. The lowest BCUT2D eigenvalue weighted by Gasteiger charge is -2.20. The van der Waals surface area contributed by atoms with Crippen molar-refractivity contribution in [3.8, 4) is 5.88 Å². The molecular formula is C11H19N3O. The first-order chi connectivity index (χ1) is 7.01. The highest BCUT2D eigenvalue weighted by Crippen LogP contribution is 2.15. The fraction of sp³-hybridized carbons (Fsp3) is 0.636. The Hall–Kier alpha value is -1.32. The average Bonchev–Trinajstić information content (AvgIpc) is 2.12. The Morgan fingerprint density at radius 3 is 2.73 bits per heavy atom. The predicted molar refractivity (Wildman–Crippen MR) is 61.2 cm³/mol. The Kier molecular flexibility index (Phi) is 3.88. The summed E-state index contributed by atoms with van der Waals surface area (Å²) >= 11 is 0. The van der Waals surface area contributed by atoms with Crippen LogP contribution in [0.15, 0.2) is 12.3 Å². The molecule has 0 unspecified atom stereocenters. The number of anilines is 1. The van der Waals surface area contributed by atoms with Crippen molar-refractivity contribution in [1.29, 1.82) is 0 Å². The van der Waals surface area contributed by atoms with E-state index in [0.717, 1.165) is 13.0 Å². The van der Waals surface area contributed by atoms with Gasteiger partial charge in [0, 0.05) is 18.8 Å². The smallest absolute Gasteiger partial charge is 0.225 e. The molecule has 0 aliphatic heterocycles. The van der Waals surface area contributed by atoms with Gasteiger partial charge in [-0.15, -0.1) is 0 Å². The molecule has 0 fully saturated rings. The first kappa shape index (κ1) is 11.8. The Labute approximate surface area is 91.1 Å². The van der Waals surface area contributed by atoms with Crippen molar-refractivity contribution in [1.82, 2.24) is 9.97 Å². The molecule has 0 aromatic carbocycles. The number of rotatable bonds is 4. The van der Waals surface area contributed by atoms with Gasteiger partial charge in [-0.1, -0.05) is 6.92 Å². The largest absolute Gasteiger partial charge is 0.472 e. The quantitative estimate of drug-likeness (QED) is 0.827. The molecule has 0 radical (unpaired) electrons. The van der Waals surface area contributed by atoms with E-state index in [1.165, 1.54) is 0 Å². The minimum absolute atomic E-state index is 0.226. The maximum atomic E-state index is 5.63. The highest BCUT2D eigenvalue weighted by Gasteiger charge is 2.12. The van der Waals surface area contributed by atoms with Crippen LogP contribution in [0.25, 0.3) is 0 Å². The van der Waals surface area contributed by atoms with Crippen LogP contribution in [-0.4, -0.2) is 22.1 Å². The molecule has 1 aromatic rings. The lowest BCUT2D eigenvalue weighted by Crippen LogP contribution is -2.23. The lowest BCUT2D eigenvalue weighted by molar-refractivity contribution is 0.124. The third kappa shape index (κ3) is 4.63. The van der Waals surface area contributed by atoms with Crippen molar-refractivity contribution < 1.29 is 4.74 Å². The second-order valence-electron chi connectivity index (χ2n) is 4.36. The molecule has 4 nitrogen and oxygen atoms in total. The average molecular weight is 209 g/mol. The van der Waals surface area contributed by atoms with Crippen molar-refractivity contribution in [2.24, 2.45) is 0 Å². The van der Waals surface area contributed by atoms with E-state index in [-0.39, 0.29) is 5.60 Å². The maximum absolute atomic E-state index is 5.63. The van der Waals surface area contributed by atoms with Crippen LogP contribution in [0.1, 0.15) is 34.1 Å². The summed E-state index contributed by atoms with van der Waals surface area (Å²) < 4.78 is 5.63. The molecule has 1 N–H and O–H groups in total. The molecule has 4 heteroatoms. The van der Waals surface area contributed by atoms with Crippen LogP contribution in [-0.2, 0) is 0 Å². The third-order valence-corrected chi connectivity index (χ3v) is 1.57. The molecule has 1 heterocycles. The zero-order chi connectivity index (χ0) is 11.3. The van der Waals surface area contributed by atoms with E-state index in [1.807, 2.05) is 20.8 Å². The molecule has 1 aromatic heterocycles. The van der Waals surface area contributed by atoms with Gasteiger partial charge < -0.3 is 10.1 Å². The lowest BCUT2D eigenvalue weighted by atomic mass is 10.2. The molecule has 0 saturated heterocycles. The molecular weight excluding hydrogens is 190 g/mol. The highest BCUT2D eigenvalue weighted by molar-refractivity contribution is 5.27. The fourth-order valence-electron chi connectivity index (χ4n) is 1.03. The Bertz CT molecular complexity index is 307. The summed E-state index contributed by atoms with van der Waals surface area (Å²) in [5.41, 5.74) is -0.226. The van der Waals surface area contributed by atoms with Gasteiger partial charge in [-0.25, -0.2) is 4.98 Å². The van der Waals surface area contributed by atoms with E-state index in [1.54, 1.807) is 12.3 Å². The summed E-state index contributed by atoms with van der Waals surface area (Å²) in [6.07, 6.45) is 2.75. The van der Waals surface area contributed by atoms with E-state index in [4.69, 9.17) is 4.74 Å². The fourth-order valence-corrected chi connectivity index (χ4v) is 1.03. The van der Waals surface area contributed by atoms with Gasteiger partial charge in [0.1, 0.15) is 5.60 Å². The van der Waals surface area contributed by atoms with Crippen molar-refractivity contribution in [2.75, 3.05) is 11.9 Å². The summed E-state index contributed by atoms with van der Waals surface area (Å²) in [5.74, 6) is 1.23. The van der Waals surface area contributed by atoms with Gasteiger partial charge in [0.2, 0.25) is 11.8 Å². The molecule has 15 heavy (non-hydrogen) atoms. The van der Waals surface area contributed by atoms with Crippen LogP contribution in [0, 0.1) is 0 Å². The van der Waals surface area contributed by atoms with Crippen molar-refractivity contribution in [3.63, 3.8) is 0 Å². The summed E-state index contributed by atoms with van der Waals surface area (Å²) in [6.45, 7) is 8.96. The van der Waals surface area contributed by atoms with Crippen LogP contribution in [0.4, 0.5) is 5.95 Å². The van der Waals surface area contributed by atoms with Gasteiger partial charge in [0.05, 0.1) is 0 Å². The first-order valence-corrected chi connectivity index (χ1v) is 5.27. The molecule has 0 atom stereocenters. The van der Waals surface area contributed by atoms with E-state index < -0.39 is 0 Å². The van der Waals surface area contributed by atoms with Crippen LogP contribution < -0.4 is 10.1 Å². The van der Waals surface area contributed by atoms with Gasteiger partial charge in [-0.2, -0.15) is 4.98 Å². The summed E-state index contributed by atoms with van der Waals surface area (Å²) in [6, 6.07) is 1.77. The second-order valence-corrected chi connectivity index (χ2v) is 4.36. The number of hydrogen-bond donors (Lipinski definition) is 1. The van der Waals surface area contributed by atoms with Gasteiger partial charge >= 0.3 is 0 Å². The summed E-state index contributed by atoms with van der Waals surface area (Å²) in [7, 11) is 0. The summed E-state index contributed by atoms with van der Waals surface area (Å²) in [4.78, 5) is 8.36. The predicted octanol–water partition coefficient (Wildman–Crippen LogP) is 2.48. The van der Waals surface area contributed by atoms with E-state index in [0.29, 0.717) is 11.8 Å². The SMILES string of the molecule is CCCNc1nccc(OC(C)(C)C)n1. The van der Waals surface area contributed by atoms with Crippen LogP contribution in [0.2, 0.25) is 0 Å².